The molecule has 0 N–H and O–H groups in total. The van der Waals surface area contributed by atoms with Crippen LogP contribution in [0.15, 0.2) is 24.3 Å². The molecule has 0 saturated carbocycles. The lowest BCUT2D eigenvalue weighted by molar-refractivity contribution is 0.413. The molecule has 2 heteroatoms. The molecule has 1 saturated heterocycles. The van der Waals surface area contributed by atoms with Crippen molar-refractivity contribution in [3.8, 4) is 0 Å². The summed E-state index contributed by atoms with van der Waals surface area (Å²) in [6, 6.07) is 9.10. The van der Waals surface area contributed by atoms with Gasteiger partial charge in [-0.15, -0.1) is 0 Å². The quantitative estimate of drug-likeness (QED) is 0.765. The topological polar surface area (TPSA) is 6.48 Å². The predicted octanol–water partition coefficient (Wildman–Crippen LogP) is 2.39. The lowest BCUT2D eigenvalue weighted by atomic mass is 10.1. The summed E-state index contributed by atoms with van der Waals surface area (Å²) >= 11 is 0. The number of benzene rings is 1. The van der Waals surface area contributed by atoms with E-state index in [0.29, 0.717) is 0 Å². The Morgan fingerprint density at radius 2 is 1.69 bits per heavy atom. The minimum Gasteiger partial charge on any atom is -0.372 e. The maximum Gasteiger partial charge on any atom is 0.0366 e. The van der Waals surface area contributed by atoms with Crippen LogP contribution >= 0.6 is 0 Å². The van der Waals surface area contributed by atoms with Gasteiger partial charge in [-0.1, -0.05) is 12.1 Å². The Labute approximate surface area is 98.9 Å². The van der Waals surface area contributed by atoms with Crippen LogP contribution in [0.5, 0.6) is 0 Å². The van der Waals surface area contributed by atoms with Crippen LogP contribution in [0.4, 0.5) is 5.69 Å². The molecule has 1 aromatic rings. The summed E-state index contributed by atoms with van der Waals surface area (Å²) in [5.74, 6) is 0. The third-order valence-corrected chi connectivity index (χ3v) is 3.26. The highest BCUT2D eigenvalue weighted by Crippen LogP contribution is 2.20. The Morgan fingerprint density at radius 3 is 2.25 bits per heavy atom. The van der Waals surface area contributed by atoms with Gasteiger partial charge in [-0.25, -0.2) is 0 Å². The minimum absolute atomic E-state index is 1.13. The summed E-state index contributed by atoms with van der Waals surface area (Å²) < 4.78 is 0. The smallest absolute Gasteiger partial charge is 0.0366 e. The number of anilines is 1. The zero-order chi connectivity index (χ0) is 11.4. The van der Waals surface area contributed by atoms with Crippen molar-refractivity contribution in [3.05, 3.63) is 29.8 Å². The van der Waals surface area contributed by atoms with E-state index in [4.69, 9.17) is 0 Å². The molecule has 0 unspecified atom stereocenters. The SMILES string of the molecule is CN(C)CCc1ccc(N2CCCC2)cc1. The van der Waals surface area contributed by atoms with E-state index in [-0.39, 0.29) is 0 Å². The van der Waals surface area contributed by atoms with Crippen molar-refractivity contribution < 1.29 is 0 Å². The second-order valence-electron chi connectivity index (χ2n) is 4.91. The zero-order valence-corrected chi connectivity index (χ0v) is 10.4. The summed E-state index contributed by atoms with van der Waals surface area (Å²) in [6.45, 7) is 3.59. The molecule has 0 radical (unpaired) electrons. The standard InChI is InChI=1S/C14H22N2/c1-15(2)12-9-13-5-7-14(8-6-13)16-10-3-4-11-16/h5-8H,3-4,9-12H2,1-2H3. The van der Waals surface area contributed by atoms with Gasteiger partial charge in [-0.3, -0.25) is 0 Å². The fourth-order valence-electron chi connectivity index (χ4n) is 2.20. The second-order valence-corrected chi connectivity index (χ2v) is 4.91. The molecular weight excluding hydrogens is 196 g/mol. The van der Waals surface area contributed by atoms with Crippen LogP contribution in [0.2, 0.25) is 0 Å². The molecule has 0 atom stereocenters. The second kappa shape index (κ2) is 5.35. The fraction of sp³-hybridized carbons (Fsp3) is 0.571. The van der Waals surface area contributed by atoms with E-state index in [0.717, 1.165) is 13.0 Å². The van der Waals surface area contributed by atoms with Gasteiger partial charge in [0.2, 0.25) is 0 Å². The molecule has 0 bridgehead atoms. The van der Waals surface area contributed by atoms with Gasteiger partial charge in [-0.2, -0.15) is 0 Å². The van der Waals surface area contributed by atoms with Crippen LogP contribution in [0.1, 0.15) is 18.4 Å². The highest BCUT2D eigenvalue weighted by atomic mass is 15.1. The summed E-state index contributed by atoms with van der Waals surface area (Å²) in [5.41, 5.74) is 2.84. The van der Waals surface area contributed by atoms with Crippen molar-refractivity contribution in [1.82, 2.24) is 4.90 Å². The van der Waals surface area contributed by atoms with Crippen LogP contribution < -0.4 is 4.90 Å². The predicted molar refractivity (Wildman–Crippen MR) is 70.1 cm³/mol. The maximum atomic E-state index is 2.48. The van der Waals surface area contributed by atoms with Gasteiger partial charge >= 0.3 is 0 Å². The van der Waals surface area contributed by atoms with E-state index in [1.54, 1.807) is 0 Å². The van der Waals surface area contributed by atoms with Gasteiger partial charge < -0.3 is 9.80 Å². The molecule has 0 aliphatic carbocycles. The van der Waals surface area contributed by atoms with Crippen molar-refractivity contribution in [3.63, 3.8) is 0 Å². The number of hydrogen-bond donors (Lipinski definition) is 0. The van der Waals surface area contributed by atoms with Gasteiger partial charge in [0.05, 0.1) is 0 Å². The van der Waals surface area contributed by atoms with Gasteiger partial charge in [0.25, 0.3) is 0 Å². The van der Waals surface area contributed by atoms with Crippen LogP contribution in [0, 0.1) is 0 Å². The molecule has 0 amide bonds. The Hall–Kier alpha value is -1.02. The molecule has 1 aliphatic heterocycles. The lowest BCUT2D eigenvalue weighted by Crippen LogP contribution is -2.17. The fourth-order valence-corrected chi connectivity index (χ4v) is 2.20. The average Bonchev–Trinajstić information content (AvgIpc) is 2.80. The van der Waals surface area contributed by atoms with E-state index in [2.05, 4.69) is 48.2 Å². The highest BCUT2D eigenvalue weighted by Gasteiger charge is 2.11. The highest BCUT2D eigenvalue weighted by molar-refractivity contribution is 5.48. The maximum absolute atomic E-state index is 2.48. The van der Waals surface area contributed by atoms with E-state index in [1.807, 2.05) is 0 Å². The van der Waals surface area contributed by atoms with Crippen LogP contribution in [0.25, 0.3) is 0 Å². The molecule has 16 heavy (non-hydrogen) atoms. The first-order valence-corrected chi connectivity index (χ1v) is 6.24. The summed E-state index contributed by atoms with van der Waals surface area (Å²) in [6.07, 6.45) is 3.85. The third kappa shape index (κ3) is 2.99. The summed E-state index contributed by atoms with van der Waals surface area (Å²) in [7, 11) is 4.25. The van der Waals surface area contributed by atoms with Gasteiger partial charge in [-0.05, 0) is 51.1 Å². The van der Waals surface area contributed by atoms with Crippen molar-refractivity contribution >= 4 is 5.69 Å². The Kier molecular flexibility index (Phi) is 3.83. The molecule has 1 aliphatic rings. The number of rotatable bonds is 4. The Bertz CT molecular complexity index is 310. The average molecular weight is 218 g/mol. The molecule has 1 fully saturated rings. The monoisotopic (exact) mass is 218 g/mol. The van der Waals surface area contributed by atoms with Crippen LogP contribution in [0.3, 0.4) is 0 Å². The van der Waals surface area contributed by atoms with Gasteiger partial charge in [0.15, 0.2) is 0 Å². The summed E-state index contributed by atoms with van der Waals surface area (Å²) in [4.78, 5) is 4.71. The van der Waals surface area contributed by atoms with Crippen molar-refractivity contribution in [2.24, 2.45) is 0 Å². The lowest BCUT2D eigenvalue weighted by Gasteiger charge is -2.18. The van der Waals surface area contributed by atoms with E-state index in [9.17, 15) is 0 Å². The first kappa shape index (κ1) is 11.5. The van der Waals surface area contributed by atoms with E-state index < -0.39 is 0 Å². The Balaban J connectivity index is 1.93. The van der Waals surface area contributed by atoms with Crippen molar-refractivity contribution in [2.75, 3.05) is 38.6 Å². The number of hydrogen-bond acceptors (Lipinski definition) is 2. The molecule has 0 aromatic heterocycles. The normalized spacial score (nSPS) is 16.1. The van der Waals surface area contributed by atoms with E-state index in [1.165, 1.54) is 37.2 Å². The zero-order valence-electron chi connectivity index (χ0n) is 10.4. The molecule has 88 valence electrons. The molecule has 2 nitrogen and oxygen atoms in total. The number of likely N-dealkylation sites (N-methyl/N-ethyl adjacent to an activating group) is 1. The van der Waals surface area contributed by atoms with Gasteiger partial charge in [0.1, 0.15) is 0 Å². The Morgan fingerprint density at radius 1 is 1.06 bits per heavy atom. The largest absolute Gasteiger partial charge is 0.372 e. The molecule has 0 spiro atoms. The van der Waals surface area contributed by atoms with E-state index >= 15 is 0 Å². The molecule has 1 heterocycles. The van der Waals surface area contributed by atoms with Crippen LogP contribution in [-0.4, -0.2) is 38.6 Å². The molecular formula is C14H22N2. The van der Waals surface area contributed by atoms with Crippen LogP contribution in [-0.2, 0) is 6.42 Å². The molecule has 1 aromatic carbocycles. The first-order chi connectivity index (χ1) is 7.75. The first-order valence-electron chi connectivity index (χ1n) is 6.24. The van der Waals surface area contributed by atoms with Gasteiger partial charge in [0, 0.05) is 25.3 Å². The van der Waals surface area contributed by atoms with Crippen molar-refractivity contribution in [1.29, 1.82) is 0 Å². The third-order valence-electron chi connectivity index (χ3n) is 3.26. The number of nitrogens with zero attached hydrogens (tertiary/aromatic N) is 2. The summed E-state index contributed by atoms with van der Waals surface area (Å²) in [5, 5.41) is 0. The van der Waals surface area contributed by atoms with Crippen molar-refractivity contribution in [2.45, 2.75) is 19.3 Å². The molecule has 2 rings (SSSR count). The minimum atomic E-state index is 1.13.